The van der Waals surface area contributed by atoms with E-state index < -0.39 is 0 Å². The minimum Gasteiger partial charge on any atom is -0.383 e. The first kappa shape index (κ1) is 15.2. The van der Waals surface area contributed by atoms with Gasteiger partial charge in [-0.1, -0.05) is 29.8 Å². The lowest BCUT2D eigenvalue weighted by Crippen LogP contribution is -2.19. The van der Waals surface area contributed by atoms with Gasteiger partial charge in [0.05, 0.1) is 11.6 Å². The maximum Gasteiger partial charge on any atom is 0.142 e. The molecule has 0 bridgehead atoms. The molecule has 0 saturated carbocycles. The summed E-state index contributed by atoms with van der Waals surface area (Å²) < 4.78 is 18.1. The van der Waals surface area contributed by atoms with Gasteiger partial charge in [-0.15, -0.1) is 0 Å². The second-order valence-electron chi connectivity index (χ2n) is 3.96. The number of ether oxygens (including phenoxy) is 1. The Kier molecular flexibility index (Phi) is 7.65. The molecule has 2 nitrogen and oxygen atoms in total. The van der Waals surface area contributed by atoms with Gasteiger partial charge in [0, 0.05) is 13.7 Å². The number of halogens is 2. The number of methoxy groups -OCH3 is 1. The van der Waals surface area contributed by atoms with E-state index in [9.17, 15) is 4.39 Å². The molecule has 0 atom stereocenters. The Hall–Kier alpha value is -0.900. The molecule has 1 aromatic rings. The molecule has 0 amide bonds. The van der Waals surface area contributed by atoms with Crippen LogP contribution in [0.25, 0.3) is 0 Å². The van der Waals surface area contributed by atoms with Crippen LogP contribution in [0, 0.1) is 5.82 Å². The fourth-order valence-electron chi connectivity index (χ4n) is 1.49. The highest BCUT2D eigenvalue weighted by Crippen LogP contribution is 2.15. The fraction of sp³-hybridized carbons (Fsp3) is 0.429. The summed E-state index contributed by atoms with van der Waals surface area (Å²) >= 11 is 5.61. The quantitative estimate of drug-likeness (QED) is 0.579. The molecule has 100 valence electrons. The number of benzene rings is 1. The average molecular weight is 272 g/mol. The van der Waals surface area contributed by atoms with E-state index in [0.717, 1.165) is 38.1 Å². The van der Waals surface area contributed by atoms with Gasteiger partial charge in [0.25, 0.3) is 0 Å². The van der Waals surface area contributed by atoms with E-state index in [1.54, 1.807) is 13.2 Å². The minimum atomic E-state index is -0.358. The van der Waals surface area contributed by atoms with Crippen LogP contribution in [-0.4, -0.2) is 26.8 Å². The smallest absolute Gasteiger partial charge is 0.142 e. The highest BCUT2D eigenvalue weighted by molar-refractivity contribution is 6.30. The van der Waals surface area contributed by atoms with Crippen LogP contribution < -0.4 is 5.32 Å². The summed E-state index contributed by atoms with van der Waals surface area (Å²) in [7, 11) is 1.69. The van der Waals surface area contributed by atoms with Gasteiger partial charge in [-0.25, -0.2) is 4.39 Å². The van der Waals surface area contributed by atoms with Crippen molar-refractivity contribution < 1.29 is 9.13 Å². The van der Waals surface area contributed by atoms with Crippen molar-refractivity contribution in [3.8, 4) is 0 Å². The molecule has 0 aliphatic heterocycles. The second-order valence-corrected chi connectivity index (χ2v) is 4.36. The topological polar surface area (TPSA) is 21.3 Å². The Balaban J connectivity index is 2.17. The average Bonchev–Trinajstić information content (AvgIpc) is 2.37. The lowest BCUT2D eigenvalue weighted by Gasteiger charge is -2.01. The maximum absolute atomic E-state index is 13.1. The van der Waals surface area contributed by atoms with Gasteiger partial charge in [-0.3, -0.25) is 0 Å². The van der Waals surface area contributed by atoms with Crippen molar-refractivity contribution in [2.24, 2.45) is 0 Å². The molecular weight excluding hydrogens is 253 g/mol. The van der Waals surface area contributed by atoms with Gasteiger partial charge in [0.15, 0.2) is 0 Å². The van der Waals surface area contributed by atoms with Gasteiger partial charge >= 0.3 is 0 Å². The summed E-state index contributed by atoms with van der Waals surface area (Å²) in [5.74, 6) is -0.358. The molecule has 0 aromatic heterocycles. The van der Waals surface area contributed by atoms with E-state index in [4.69, 9.17) is 16.3 Å². The number of rotatable bonds is 8. The Morgan fingerprint density at radius 3 is 2.89 bits per heavy atom. The van der Waals surface area contributed by atoms with Gasteiger partial charge in [0.1, 0.15) is 5.82 Å². The zero-order chi connectivity index (χ0) is 13.2. The van der Waals surface area contributed by atoms with E-state index in [1.165, 1.54) is 6.07 Å². The zero-order valence-electron chi connectivity index (χ0n) is 10.6. The standard InChI is InChI=1S/C14H19ClFNO/c1-18-10-9-17-8-4-2-3-5-12-6-7-13(15)14(16)11-12/h2-3,6-7,11,17H,4-5,8-10H2,1H3/b3-2+. The Morgan fingerprint density at radius 2 is 2.17 bits per heavy atom. The molecule has 1 aromatic carbocycles. The van der Waals surface area contributed by atoms with Crippen LogP contribution in [0.5, 0.6) is 0 Å². The molecule has 1 N–H and O–H groups in total. The highest BCUT2D eigenvalue weighted by Gasteiger charge is 1.98. The summed E-state index contributed by atoms with van der Waals surface area (Å²) in [6.07, 6.45) is 5.82. The summed E-state index contributed by atoms with van der Waals surface area (Å²) in [5.41, 5.74) is 0.931. The molecule has 4 heteroatoms. The lowest BCUT2D eigenvalue weighted by atomic mass is 10.1. The molecule has 0 unspecified atom stereocenters. The third-order valence-corrected chi connectivity index (χ3v) is 2.78. The molecule has 0 spiro atoms. The molecule has 0 aliphatic carbocycles. The monoisotopic (exact) mass is 271 g/mol. The highest BCUT2D eigenvalue weighted by atomic mass is 35.5. The molecule has 18 heavy (non-hydrogen) atoms. The van der Waals surface area contributed by atoms with E-state index in [0.29, 0.717) is 0 Å². The molecule has 0 radical (unpaired) electrons. The van der Waals surface area contributed by atoms with Gasteiger partial charge in [-0.05, 0) is 37.1 Å². The third kappa shape index (κ3) is 6.15. The van der Waals surface area contributed by atoms with Crippen molar-refractivity contribution in [1.82, 2.24) is 5.32 Å². The van der Waals surface area contributed by atoms with Gasteiger partial charge < -0.3 is 10.1 Å². The molecule has 0 heterocycles. The van der Waals surface area contributed by atoms with Crippen molar-refractivity contribution in [1.29, 1.82) is 0 Å². The normalized spacial score (nSPS) is 11.3. The molecule has 0 saturated heterocycles. The van der Waals surface area contributed by atoms with E-state index in [-0.39, 0.29) is 10.8 Å². The summed E-state index contributed by atoms with van der Waals surface area (Å²) in [6.45, 7) is 2.52. The summed E-state index contributed by atoms with van der Waals surface area (Å²) in [6, 6.07) is 4.91. The zero-order valence-corrected chi connectivity index (χ0v) is 11.3. The largest absolute Gasteiger partial charge is 0.383 e. The lowest BCUT2D eigenvalue weighted by molar-refractivity contribution is 0.199. The van der Waals surface area contributed by atoms with Crippen LogP contribution in [-0.2, 0) is 11.2 Å². The fourth-order valence-corrected chi connectivity index (χ4v) is 1.61. The molecule has 1 rings (SSSR count). The van der Waals surface area contributed by atoms with Crippen LogP contribution in [0.15, 0.2) is 30.4 Å². The first-order valence-electron chi connectivity index (χ1n) is 6.02. The van der Waals surface area contributed by atoms with Gasteiger partial charge in [-0.2, -0.15) is 0 Å². The number of hydrogen-bond donors (Lipinski definition) is 1. The Morgan fingerprint density at radius 1 is 1.33 bits per heavy atom. The van der Waals surface area contributed by atoms with Crippen molar-refractivity contribution >= 4 is 11.6 Å². The second kappa shape index (κ2) is 9.09. The van der Waals surface area contributed by atoms with Crippen LogP contribution >= 0.6 is 11.6 Å². The summed E-state index contributed by atoms with van der Waals surface area (Å²) in [4.78, 5) is 0. The molecule has 0 fully saturated rings. The van der Waals surface area contributed by atoms with E-state index >= 15 is 0 Å². The molecular formula is C14H19ClFNO. The van der Waals surface area contributed by atoms with Crippen LogP contribution in [0.3, 0.4) is 0 Å². The molecule has 0 aliphatic rings. The van der Waals surface area contributed by atoms with E-state index in [1.807, 2.05) is 12.1 Å². The van der Waals surface area contributed by atoms with Crippen LogP contribution in [0.4, 0.5) is 4.39 Å². The predicted molar refractivity (Wildman–Crippen MR) is 73.6 cm³/mol. The van der Waals surface area contributed by atoms with Crippen molar-refractivity contribution in [3.05, 3.63) is 46.8 Å². The minimum absolute atomic E-state index is 0.171. The van der Waals surface area contributed by atoms with Crippen LogP contribution in [0.1, 0.15) is 12.0 Å². The Bertz CT molecular complexity index is 382. The SMILES string of the molecule is COCCNCC/C=C/Cc1ccc(Cl)c(F)c1. The van der Waals surface area contributed by atoms with E-state index in [2.05, 4.69) is 11.4 Å². The number of allylic oxidation sites excluding steroid dienone is 1. The Labute approximate surface area is 113 Å². The van der Waals surface area contributed by atoms with Crippen molar-refractivity contribution in [2.45, 2.75) is 12.8 Å². The summed E-state index contributed by atoms with van der Waals surface area (Å²) in [5, 5.41) is 3.42. The predicted octanol–water partition coefficient (Wildman–Crippen LogP) is 3.20. The van der Waals surface area contributed by atoms with Crippen molar-refractivity contribution in [2.75, 3.05) is 26.8 Å². The number of nitrogens with one attached hydrogen (secondary N) is 1. The van der Waals surface area contributed by atoms with Crippen molar-refractivity contribution in [3.63, 3.8) is 0 Å². The third-order valence-electron chi connectivity index (χ3n) is 2.47. The number of hydrogen-bond acceptors (Lipinski definition) is 2. The first-order valence-corrected chi connectivity index (χ1v) is 6.40. The van der Waals surface area contributed by atoms with Gasteiger partial charge in [0.2, 0.25) is 0 Å². The van der Waals surface area contributed by atoms with Crippen LogP contribution in [0.2, 0.25) is 5.02 Å². The maximum atomic E-state index is 13.1. The first-order chi connectivity index (χ1) is 8.74.